The maximum atomic E-state index is 14.0. The van der Waals surface area contributed by atoms with Gasteiger partial charge in [-0.05, 0) is 36.6 Å². The number of hydrogen-bond donors (Lipinski definition) is 1. The van der Waals surface area contributed by atoms with Crippen molar-refractivity contribution < 1.29 is 9.13 Å². The van der Waals surface area contributed by atoms with Crippen LogP contribution in [0.3, 0.4) is 0 Å². The average Bonchev–Trinajstić information content (AvgIpc) is 3.28. The second kappa shape index (κ2) is 6.58. The zero-order chi connectivity index (χ0) is 14.7. The number of hydrogen-bond acceptors (Lipinski definition) is 2. The summed E-state index contributed by atoms with van der Waals surface area (Å²) in [5, 5.41) is 3.39. The highest BCUT2D eigenvalue weighted by Crippen LogP contribution is 2.26. The van der Waals surface area contributed by atoms with Gasteiger partial charge >= 0.3 is 0 Å². The summed E-state index contributed by atoms with van der Waals surface area (Å²) in [6.45, 7) is 1.01. The van der Waals surface area contributed by atoms with Crippen LogP contribution in [0.4, 0.5) is 4.39 Å². The Kier molecular flexibility index (Phi) is 4.56. The zero-order valence-corrected chi connectivity index (χ0v) is 13.2. The Morgan fingerprint density at radius 1 is 1.19 bits per heavy atom. The number of halogens is 2. The number of rotatable bonds is 6. The molecular weight excluding hydrogens is 333 g/mol. The molecule has 0 amide bonds. The molecule has 0 aromatic heterocycles. The highest BCUT2D eigenvalue weighted by atomic mass is 79.9. The summed E-state index contributed by atoms with van der Waals surface area (Å²) in [6, 6.07) is 13.5. The first-order valence-electron chi connectivity index (χ1n) is 7.10. The maximum absolute atomic E-state index is 14.0. The van der Waals surface area contributed by atoms with Crippen LogP contribution in [0.5, 0.6) is 5.75 Å². The molecule has 1 fully saturated rings. The van der Waals surface area contributed by atoms with E-state index in [0.29, 0.717) is 24.9 Å². The molecule has 1 N–H and O–H groups in total. The third kappa shape index (κ3) is 4.05. The predicted molar refractivity (Wildman–Crippen MR) is 84.7 cm³/mol. The van der Waals surface area contributed by atoms with Crippen LogP contribution in [-0.4, -0.2) is 6.04 Å². The van der Waals surface area contributed by atoms with Gasteiger partial charge in [0.2, 0.25) is 0 Å². The van der Waals surface area contributed by atoms with Crippen LogP contribution in [0.1, 0.15) is 24.0 Å². The first-order chi connectivity index (χ1) is 10.2. The summed E-state index contributed by atoms with van der Waals surface area (Å²) in [7, 11) is 0. The van der Waals surface area contributed by atoms with Crippen LogP contribution in [-0.2, 0) is 13.2 Å². The van der Waals surface area contributed by atoms with Crippen molar-refractivity contribution in [3.63, 3.8) is 0 Å². The van der Waals surface area contributed by atoms with Gasteiger partial charge in [-0.1, -0.05) is 40.2 Å². The quantitative estimate of drug-likeness (QED) is 0.833. The first kappa shape index (κ1) is 14.5. The summed E-state index contributed by atoms with van der Waals surface area (Å²) in [4.78, 5) is 0. The Morgan fingerprint density at radius 2 is 2.00 bits per heavy atom. The highest BCUT2D eigenvalue weighted by Gasteiger charge is 2.21. The van der Waals surface area contributed by atoms with Crippen molar-refractivity contribution in [1.29, 1.82) is 0 Å². The van der Waals surface area contributed by atoms with Crippen LogP contribution in [0, 0.1) is 5.82 Å². The van der Waals surface area contributed by atoms with Crippen LogP contribution < -0.4 is 10.1 Å². The van der Waals surface area contributed by atoms with E-state index in [1.54, 1.807) is 6.07 Å². The van der Waals surface area contributed by atoms with E-state index in [1.165, 1.54) is 18.9 Å². The molecule has 2 aromatic carbocycles. The molecule has 2 nitrogen and oxygen atoms in total. The number of ether oxygens (including phenoxy) is 1. The zero-order valence-electron chi connectivity index (χ0n) is 11.6. The molecule has 0 spiro atoms. The molecule has 1 aliphatic rings. The van der Waals surface area contributed by atoms with Gasteiger partial charge in [-0.3, -0.25) is 0 Å². The molecular formula is C17H17BrFNO. The van der Waals surface area contributed by atoms with Gasteiger partial charge in [0.15, 0.2) is 11.6 Å². The van der Waals surface area contributed by atoms with E-state index in [1.807, 2.05) is 30.3 Å². The lowest BCUT2D eigenvalue weighted by Crippen LogP contribution is -2.16. The molecule has 21 heavy (non-hydrogen) atoms. The van der Waals surface area contributed by atoms with Crippen molar-refractivity contribution in [2.24, 2.45) is 0 Å². The largest absolute Gasteiger partial charge is 0.485 e. The third-order valence-electron chi connectivity index (χ3n) is 3.48. The Bertz CT molecular complexity index is 628. The minimum atomic E-state index is -0.305. The van der Waals surface area contributed by atoms with Crippen molar-refractivity contribution in [2.75, 3.05) is 0 Å². The standard InChI is InChI=1S/C17H17BrFNO/c18-14-5-1-3-12(9-14)11-21-17-13(4-2-6-16(17)19)10-20-15-7-8-15/h1-6,9,15,20H,7-8,10-11H2. The molecule has 0 bridgehead atoms. The summed E-state index contributed by atoms with van der Waals surface area (Å²) in [5.74, 6) is 0.0470. The van der Waals surface area contributed by atoms with Gasteiger partial charge in [-0.15, -0.1) is 0 Å². The van der Waals surface area contributed by atoms with Crippen molar-refractivity contribution in [3.8, 4) is 5.75 Å². The van der Waals surface area contributed by atoms with Gasteiger partial charge in [0.1, 0.15) is 6.61 Å². The first-order valence-corrected chi connectivity index (χ1v) is 7.89. The van der Waals surface area contributed by atoms with E-state index in [0.717, 1.165) is 15.6 Å². The number of para-hydroxylation sites is 1. The molecule has 1 saturated carbocycles. The van der Waals surface area contributed by atoms with E-state index in [4.69, 9.17) is 4.74 Å². The SMILES string of the molecule is Fc1cccc(CNC2CC2)c1OCc1cccc(Br)c1. The Morgan fingerprint density at radius 3 is 2.76 bits per heavy atom. The number of benzene rings is 2. The lowest BCUT2D eigenvalue weighted by Gasteiger charge is -2.13. The van der Waals surface area contributed by atoms with E-state index in [9.17, 15) is 4.39 Å². The maximum Gasteiger partial charge on any atom is 0.165 e. The van der Waals surface area contributed by atoms with E-state index in [-0.39, 0.29) is 5.82 Å². The second-order valence-corrected chi connectivity index (χ2v) is 6.22. The average molecular weight is 350 g/mol. The predicted octanol–water partition coefficient (Wildman–Crippen LogP) is 4.42. The van der Waals surface area contributed by atoms with Crippen molar-refractivity contribution in [2.45, 2.75) is 32.0 Å². The summed E-state index contributed by atoms with van der Waals surface area (Å²) in [6.07, 6.45) is 2.42. The molecule has 4 heteroatoms. The minimum Gasteiger partial charge on any atom is -0.485 e. The third-order valence-corrected chi connectivity index (χ3v) is 3.97. The van der Waals surface area contributed by atoms with Gasteiger partial charge in [0.05, 0.1) is 0 Å². The molecule has 0 saturated heterocycles. The molecule has 0 aliphatic heterocycles. The Hall–Kier alpha value is -1.39. The topological polar surface area (TPSA) is 21.3 Å². The van der Waals surface area contributed by atoms with Gasteiger partial charge < -0.3 is 10.1 Å². The Balaban J connectivity index is 1.70. The van der Waals surface area contributed by atoms with Crippen LogP contribution in [0.2, 0.25) is 0 Å². The summed E-state index contributed by atoms with van der Waals surface area (Å²) < 4.78 is 20.7. The van der Waals surface area contributed by atoms with E-state index >= 15 is 0 Å². The van der Waals surface area contributed by atoms with Crippen LogP contribution in [0.15, 0.2) is 46.9 Å². The molecule has 0 radical (unpaired) electrons. The Labute approximate surface area is 132 Å². The minimum absolute atomic E-state index is 0.305. The monoisotopic (exact) mass is 349 g/mol. The van der Waals surface area contributed by atoms with Gasteiger partial charge in [-0.25, -0.2) is 4.39 Å². The molecule has 110 valence electrons. The normalized spacial score (nSPS) is 14.2. The van der Waals surface area contributed by atoms with E-state index in [2.05, 4.69) is 21.2 Å². The smallest absolute Gasteiger partial charge is 0.165 e. The number of nitrogens with one attached hydrogen (secondary N) is 1. The fraction of sp³-hybridized carbons (Fsp3) is 0.294. The second-order valence-electron chi connectivity index (χ2n) is 5.30. The highest BCUT2D eigenvalue weighted by molar-refractivity contribution is 9.10. The lowest BCUT2D eigenvalue weighted by atomic mass is 10.2. The van der Waals surface area contributed by atoms with Crippen molar-refractivity contribution in [1.82, 2.24) is 5.32 Å². The molecule has 2 aromatic rings. The van der Waals surface area contributed by atoms with Crippen LogP contribution >= 0.6 is 15.9 Å². The van der Waals surface area contributed by atoms with E-state index < -0.39 is 0 Å². The lowest BCUT2D eigenvalue weighted by molar-refractivity contribution is 0.286. The fourth-order valence-corrected chi connectivity index (χ4v) is 2.63. The summed E-state index contributed by atoms with van der Waals surface area (Å²) >= 11 is 3.43. The summed E-state index contributed by atoms with van der Waals surface area (Å²) in [5.41, 5.74) is 1.88. The van der Waals surface area contributed by atoms with Crippen LogP contribution in [0.25, 0.3) is 0 Å². The fourth-order valence-electron chi connectivity index (χ4n) is 2.18. The molecule has 3 rings (SSSR count). The molecule has 0 atom stereocenters. The van der Waals surface area contributed by atoms with Gasteiger partial charge in [-0.2, -0.15) is 0 Å². The molecule has 1 aliphatic carbocycles. The van der Waals surface area contributed by atoms with Crippen molar-refractivity contribution in [3.05, 3.63) is 63.9 Å². The van der Waals surface area contributed by atoms with Gasteiger partial charge in [0.25, 0.3) is 0 Å². The molecule has 0 unspecified atom stereocenters. The van der Waals surface area contributed by atoms with Crippen molar-refractivity contribution >= 4 is 15.9 Å². The molecule has 0 heterocycles. The van der Waals surface area contributed by atoms with Gasteiger partial charge in [0, 0.05) is 22.6 Å².